The van der Waals surface area contributed by atoms with Crippen molar-refractivity contribution in [1.82, 2.24) is 21.3 Å². The van der Waals surface area contributed by atoms with Crippen LogP contribution in [0.4, 0.5) is 0 Å². The molecule has 0 spiro atoms. The molecule has 0 saturated carbocycles. The standard InChI is InChI=1S/C68H116N4O50/c1-16-34(87)44(97)49(102)63(106-16)122-59-48(101)39(92)25(10-77)109-67(59)118-55-29(14-81)113-62(33(43(55)96)72-20(5)85)121-58-47(100)38(91)26(11-78)110-68(58)119-56-40(93)30(114-65(51(56)104)117-54-28(13-80)111-60(31(41(54)94)70-18(3)83)115-52(22(86)7-74)35(88)21(6-73)69-17(2)82)15-105-66-57(46(99)37(90)24(9-76)108-66)120-61-32(71-19(4)84)42(95)53(27(12-79)112-61)116-64-50(103)45(98)36(89)23(8-75)107-64/h16,21-68,73-81,86-104H,6-15H2,1-5H3,(H,69,82)(H,70,83)(H,71,84)(H,72,85)/t16-,21-,22+,23+,24+,25+,26+,27+,28+,29+,30+,31+,32+,33+,34+,35+,36-,37+,38+,39-,40+,41+,42+,43+,44+,45-,46-,47-,48-,49-,50+,51-,52+,53+,54+,55+,56-,57-,58-,59+,60-,61-,62-,63-,64-,65-,66-,67-,68+/m0/s1. The highest BCUT2D eigenvalue weighted by atomic mass is 16.8. The molecule has 708 valence electrons. The van der Waals surface area contributed by atoms with Crippen molar-refractivity contribution in [2.45, 2.75) is 335 Å². The van der Waals surface area contributed by atoms with Crippen LogP contribution in [0.3, 0.4) is 0 Å². The molecule has 0 aromatic rings. The Morgan fingerprint density at radius 3 is 1.00 bits per heavy atom. The highest BCUT2D eigenvalue weighted by Crippen LogP contribution is 2.41. The zero-order valence-electron chi connectivity index (χ0n) is 65.9. The summed E-state index contributed by atoms with van der Waals surface area (Å²) in [7, 11) is 0. The Morgan fingerprint density at radius 1 is 0.295 bits per heavy atom. The van der Waals surface area contributed by atoms with Crippen molar-refractivity contribution in [3.63, 3.8) is 0 Å². The number of aliphatic hydroxyl groups excluding tert-OH is 28. The first kappa shape index (κ1) is 102. The molecule has 0 aromatic carbocycles. The summed E-state index contributed by atoms with van der Waals surface area (Å²) < 4.78 is 107. The third-order valence-corrected chi connectivity index (χ3v) is 22.1. The first-order valence-electron chi connectivity index (χ1n) is 38.9. The largest absolute Gasteiger partial charge is 0.394 e. The summed E-state index contributed by atoms with van der Waals surface area (Å²) in [6, 6.07) is -7.66. The van der Waals surface area contributed by atoms with Gasteiger partial charge in [-0.1, -0.05) is 0 Å². The van der Waals surface area contributed by atoms with Crippen molar-refractivity contribution in [3.8, 4) is 0 Å². The van der Waals surface area contributed by atoms with E-state index in [9.17, 15) is 162 Å². The SMILES string of the molecule is CC(=O)N[C@H]1[C@H](O[C@@H]([C@H](O)[C@H](CO)NC(C)=O)[C@H](O)CO)O[C@H](CO)[C@@H](O[C@@H]2O[C@H](CO[C@H]3O[C@H](CO)[C@@H](O)[C@H](O)[C@@H]3O[C@@H]3O[C@H](CO)[C@@H](O[C@@H]4O[C@H](CO)[C@H](O)[C@H](O)[C@H]4O)[C@H](O)[C@H]3NC(C)=O)[C@@H](O)[C@H](O[C@H]3O[C@H](CO)[C@@H](O)[C@H](O)[C@@H]3O[C@@H]3O[C@H](CO)[C@@H](O[C@@H]4O[C@H](CO)[C@H](O)[C@H](O)[C@H]4O[C@@H]4O[C@@H](C)[C@@H](O)[C@@H](O)[C@@H]4O)[C@H](O)[C@H]3NC(C)=O)[C@@H]2O)[C@@H]1O. The molecule has 49 atom stereocenters. The van der Waals surface area contributed by atoms with Gasteiger partial charge in [0.1, 0.15) is 232 Å². The van der Waals surface area contributed by atoms with E-state index in [0.717, 1.165) is 27.7 Å². The summed E-state index contributed by atoms with van der Waals surface area (Å²) in [5, 5.41) is 321. The molecule has 32 N–H and O–H groups in total. The van der Waals surface area contributed by atoms with Crippen LogP contribution in [0.25, 0.3) is 0 Å². The van der Waals surface area contributed by atoms with Crippen molar-refractivity contribution in [2.75, 3.05) is 66.1 Å². The lowest BCUT2D eigenvalue weighted by atomic mass is 9.94. The summed E-state index contributed by atoms with van der Waals surface area (Å²) in [4.78, 5) is 51.2. The number of nitrogens with one attached hydrogen (secondary N) is 4. The van der Waals surface area contributed by atoms with Crippen LogP contribution in [0.15, 0.2) is 0 Å². The van der Waals surface area contributed by atoms with Gasteiger partial charge in [0.05, 0.1) is 78.2 Å². The van der Waals surface area contributed by atoms with Gasteiger partial charge >= 0.3 is 0 Å². The van der Waals surface area contributed by atoms with Crippen molar-refractivity contribution in [2.24, 2.45) is 0 Å². The molecule has 4 amide bonds. The van der Waals surface area contributed by atoms with E-state index >= 15 is 0 Å². The van der Waals surface area contributed by atoms with E-state index in [-0.39, 0.29) is 0 Å². The number of carbonyl (C=O) groups is 4. The number of amides is 4. The number of rotatable bonds is 35. The molecule has 0 aromatic heterocycles. The summed E-state index contributed by atoms with van der Waals surface area (Å²) in [6.45, 7) is -6.51. The summed E-state index contributed by atoms with van der Waals surface area (Å²) in [5.74, 6) is -3.79. The van der Waals surface area contributed by atoms with Gasteiger partial charge in [-0.05, 0) is 6.92 Å². The van der Waals surface area contributed by atoms with Crippen LogP contribution in [-0.2, 0) is 104 Å². The average Bonchev–Trinajstić information content (AvgIpc) is 0.772. The van der Waals surface area contributed by atoms with E-state index in [1.54, 1.807) is 0 Å². The first-order chi connectivity index (χ1) is 57.7. The van der Waals surface area contributed by atoms with Gasteiger partial charge in [0.15, 0.2) is 56.6 Å². The second-order valence-corrected chi connectivity index (χ2v) is 30.7. The van der Waals surface area contributed by atoms with Crippen LogP contribution >= 0.6 is 0 Å². The minimum Gasteiger partial charge on any atom is -0.394 e. The Bertz CT molecular complexity index is 3240. The molecule has 0 aliphatic carbocycles. The fraction of sp³-hybridized carbons (Fsp3) is 0.941. The van der Waals surface area contributed by atoms with Gasteiger partial charge in [0, 0.05) is 27.7 Å². The molecule has 9 fully saturated rings. The Morgan fingerprint density at radius 2 is 0.607 bits per heavy atom. The van der Waals surface area contributed by atoms with Crippen LogP contribution in [-0.4, -0.2) is 533 Å². The van der Waals surface area contributed by atoms with Crippen LogP contribution in [0.2, 0.25) is 0 Å². The summed E-state index contributed by atoms with van der Waals surface area (Å²) in [6.07, 6.45) is -95.4. The number of carbonyl (C=O) groups excluding carboxylic acids is 4. The highest BCUT2D eigenvalue weighted by Gasteiger charge is 2.62. The van der Waals surface area contributed by atoms with Gasteiger partial charge in [0.25, 0.3) is 0 Å². The van der Waals surface area contributed by atoms with Crippen molar-refractivity contribution >= 4 is 23.6 Å². The quantitative estimate of drug-likeness (QED) is 0.0280. The van der Waals surface area contributed by atoms with Crippen LogP contribution in [0, 0.1) is 0 Å². The van der Waals surface area contributed by atoms with Gasteiger partial charge in [0.2, 0.25) is 23.6 Å². The van der Waals surface area contributed by atoms with E-state index in [4.69, 9.17) is 85.3 Å². The average molecular weight is 1790 g/mol. The van der Waals surface area contributed by atoms with Gasteiger partial charge < -0.3 is 250 Å². The number of ether oxygens (including phenoxy) is 18. The molecule has 0 unspecified atom stereocenters. The maximum Gasteiger partial charge on any atom is 0.217 e. The molecular formula is C68H116N4O50. The van der Waals surface area contributed by atoms with E-state index in [1.165, 1.54) is 6.92 Å². The van der Waals surface area contributed by atoms with Crippen LogP contribution < -0.4 is 21.3 Å². The first-order valence-corrected chi connectivity index (χ1v) is 38.9. The molecule has 9 heterocycles. The Labute approximate surface area is 691 Å². The second-order valence-electron chi connectivity index (χ2n) is 30.7. The topological polar surface area (TPSA) is 849 Å². The van der Waals surface area contributed by atoms with Gasteiger partial charge in [-0.3, -0.25) is 19.2 Å². The number of aliphatic hydroxyl groups is 28. The van der Waals surface area contributed by atoms with E-state index in [1.807, 2.05) is 0 Å². The zero-order valence-corrected chi connectivity index (χ0v) is 65.9. The number of hydrogen-bond acceptors (Lipinski definition) is 50. The summed E-state index contributed by atoms with van der Waals surface area (Å²) in [5.41, 5.74) is 0. The van der Waals surface area contributed by atoms with Crippen LogP contribution in [0.1, 0.15) is 34.6 Å². The number of hydrogen-bond donors (Lipinski definition) is 32. The van der Waals surface area contributed by atoms with Gasteiger partial charge in [-0.2, -0.15) is 0 Å². The molecule has 9 rings (SSSR count). The van der Waals surface area contributed by atoms with Gasteiger partial charge in [-0.25, -0.2) is 0 Å². The molecule has 0 bridgehead atoms. The van der Waals surface area contributed by atoms with Crippen molar-refractivity contribution < 1.29 is 247 Å². The minimum atomic E-state index is -2.64. The van der Waals surface area contributed by atoms with E-state index in [0.29, 0.717) is 0 Å². The molecule has 9 aliphatic heterocycles. The zero-order chi connectivity index (χ0) is 90.2. The molecule has 0 radical (unpaired) electrons. The lowest BCUT2D eigenvalue weighted by molar-refractivity contribution is -0.401. The smallest absolute Gasteiger partial charge is 0.217 e. The lowest BCUT2D eigenvalue weighted by Gasteiger charge is -2.51. The van der Waals surface area contributed by atoms with Crippen molar-refractivity contribution in [3.05, 3.63) is 0 Å². The molecule has 54 nitrogen and oxygen atoms in total. The predicted octanol–water partition coefficient (Wildman–Crippen LogP) is -21.6. The third kappa shape index (κ3) is 22.9. The normalized spacial score (nSPS) is 47.0. The fourth-order valence-corrected chi connectivity index (χ4v) is 15.5. The Balaban J connectivity index is 1.06. The second kappa shape index (κ2) is 45.0. The minimum absolute atomic E-state index is 0.825. The third-order valence-electron chi connectivity index (χ3n) is 22.1. The molecule has 122 heavy (non-hydrogen) atoms. The van der Waals surface area contributed by atoms with Gasteiger partial charge in [-0.15, -0.1) is 0 Å². The molecular weight excluding hydrogens is 1670 g/mol. The van der Waals surface area contributed by atoms with Crippen molar-refractivity contribution in [1.29, 1.82) is 0 Å². The van der Waals surface area contributed by atoms with E-state index in [2.05, 4.69) is 21.3 Å². The molecule has 9 saturated heterocycles. The van der Waals surface area contributed by atoms with Crippen LogP contribution in [0.5, 0.6) is 0 Å². The Hall–Kier alpha value is -3.96. The maximum absolute atomic E-state index is 13.2. The lowest BCUT2D eigenvalue weighted by Crippen LogP contribution is -2.70. The Kier molecular flexibility index (Phi) is 37.6. The molecule has 9 aliphatic rings. The molecule has 54 heteroatoms. The predicted molar refractivity (Wildman–Crippen MR) is 377 cm³/mol. The maximum atomic E-state index is 13.2. The highest BCUT2D eigenvalue weighted by molar-refractivity contribution is 5.74. The monoisotopic (exact) mass is 1790 g/mol. The van der Waals surface area contributed by atoms with E-state index < -0.39 is 390 Å². The fourth-order valence-electron chi connectivity index (χ4n) is 15.5. The summed E-state index contributed by atoms with van der Waals surface area (Å²) >= 11 is 0.